The molecule has 0 radical (unpaired) electrons. The molecule has 5 heteroatoms. The predicted molar refractivity (Wildman–Crippen MR) is 69.9 cm³/mol. The minimum atomic E-state index is -0.292. The molecule has 0 amide bonds. The number of rotatable bonds is 3. The molecule has 0 bridgehead atoms. The minimum Gasteiger partial charge on any atom is -0.324 e. The number of aryl methyl sites for hydroxylation is 1. The molecule has 0 saturated heterocycles. The number of benzene rings is 1. The van der Waals surface area contributed by atoms with E-state index in [0.29, 0.717) is 10.1 Å². The highest BCUT2D eigenvalue weighted by Crippen LogP contribution is 2.32. The van der Waals surface area contributed by atoms with Crippen molar-refractivity contribution in [3.63, 3.8) is 0 Å². The highest BCUT2D eigenvalue weighted by molar-refractivity contribution is 7.99. The highest BCUT2D eigenvalue weighted by Gasteiger charge is 2.14. The number of halogens is 1. The summed E-state index contributed by atoms with van der Waals surface area (Å²) in [7, 11) is 0. The summed E-state index contributed by atoms with van der Waals surface area (Å²) < 4.78 is 13.9. The van der Waals surface area contributed by atoms with Crippen molar-refractivity contribution in [3.05, 3.63) is 47.5 Å². The summed E-state index contributed by atoms with van der Waals surface area (Å²) in [5.74, 6) is -0.292. The zero-order chi connectivity index (χ0) is 13.1. The van der Waals surface area contributed by atoms with Crippen molar-refractivity contribution in [3.8, 4) is 0 Å². The quantitative estimate of drug-likeness (QED) is 0.865. The predicted octanol–water partition coefficient (Wildman–Crippen LogP) is 3.10. The Labute approximate surface area is 110 Å². The molecule has 0 saturated carbocycles. The van der Waals surface area contributed by atoms with Crippen LogP contribution in [0.5, 0.6) is 0 Å². The summed E-state index contributed by atoms with van der Waals surface area (Å²) in [6.45, 7) is 3.70. The van der Waals surface area contributed by atoms with E-state index in [4.69, 9.17) is 5.73 Å². The van der Waals surface area contributed by atoms with Gasteiger partial charge in [-0.25, -0.2) is 14.4 Å². The maximum Gasteiger partial charge on any atom is 0.192 e. The van der Waals surface area contributed by atoms with Gasteiger partial charge in [-0.05, 0) is 43.3 Å². The zero-order valence-electron chi connectivity index (χ0n) is 10.2. The largest absolute Gasteiger partial charge is 0.324 e. The van der Waals surface area contributed by atoms with Crippen LogP contribution in [0.3, 0.4) is 0 Å². The Balaban J connectivity index is 2.39. The van der Waals surface area contributed by atoms with Crippen molar-refractivity contribution in [2.45, 2.75) is 29.9 Å². The summed E-state index contributed by atoms with van der Waals surface area (Å²) in [4.78, 5) is 8.87. The SMILES string of the molecule is Cc1ccnc(Sc2c(F)cccc2[C@H](C)N)n1. The first-order valence-electron chi connectivity index (χ1n) is 5.59. The van der Waals surface area contributed by atoms with Crippen molar-refractivity contribution in [1.82, 2.24) is 9.97 Å². The molecule has 1 aromatic heterocycles. The van der Waals surface area contributed by atoms with Crippen LogP contribution in [0.2, 0.25) is 0 Å². The number of hydrogen-bond donors (Lipinski definition) is 1. The summed E-state index contributed by atoms with van der Waals surface area (Å²) in [5.41, 5.74) is 7.47. The second-order valence-electron chi connectivity index (χ2n) is 4.03. The van der Waals surface area contributed by atoms with Gasteiger partial charge in [-0.15, -0.1) is 0 Å². The molecule has 2 rings (SSSR count). The van der Waals surface area contributed by atoms with Crippen LogP contribution in [0, 0.1) is 12.7 Å². The van der Waals surface area contributed by atoms with Gasteiger partial charge >= 0.3 is 0 Å². The molecule has 94 valence electrons. The molecule has 0 spiro atoms. The number of aromatic nitrogens is 2. The third-order valence-electron chi connectivity index (χ3n) is 2.45. The lowest BCUT2D eigenvalue weighted by Gasteiger charge is -2.12. The van der Waals surface area contributed by atoms with Crippen LogP contribution in [0.15, 0.2) is 40.5 Å². The highest BCUT2D eigenvalue weighted by atomic mass is 32.2. The van der Waals surface area contributed by atoms with Crippen LogP contribution in [0.25, 0.3) is 0 Å². The van der Waals surface area contributed by atoms with E-state index >= 15 is 0 Å². The Bertz CT molecular complexity index is 558. The van der Waals surface area contributed by atoms with Gasteiger partial charge in [0.25, 0.3) is 0 Å². The fourth-order valence-corrected chi connectivity index (χ4v) is 2.58. The molecule has 3 nitrogen and oxygen atoms in total. The third-order valence-corrected chi connectivity index (χ3v) is 3.47. The average molecular weight is 263 g/mol. The molecule has 0 fully saturated rings. The fourth-order valence-electron chi connectivity index (χ4n) is 1.56. The van der Waals surface area contributed by atoms with E-state index in [1.54, 1.807) is 18.3 Å². The first-order chi connectivity index (χ1) is 8.58. The van der Waals surface area contributed by atoms with Gasteiger partial charge in [-0.3, -0.25) is 0 Å². The topological polar surface area (TPSA) is 51.8 Å². The van der Waals surface area contributed by atoms with E-state index in [2.05, 4.69) is 9.97 Å². The maximum absolute atomic E-state index is 13.9. The minimum absolute atomic E-state index is 0.229. The van der Waals surface area contributed by atoms with Gasteiger partial charge < -0.3 is 5.73 Å². The first kappa shape index (κ1) is 13.0. The standard InChI is InChI=1S/C13H14FN3S/c1-8-6-7-16-13(17-8)18-12-10(9(2)15)4-3-5-11(12)14/h3-7,9H,15H2,1-2H3/t9-/m0/s1. The second-order valence-corrected chi connectivity index (χ2v) is 5.01. The molecule has 0 aliphatic carbocycles. The average Bonchev–Trinajstić information content (AvgIpc) is 2.31. The van der Waals surface area contributed by atoms with Gasteiger partial charge in [-0.1, -0.05) is 12.1 Å². The van der Waals surface area contributed by atoms with E-state index < -0.39 is 0 Å². The number of hydrogen-bond acceptors (Lipinski definition) is 4. The van der Waals surface area contributed by atoms with Crippen molar-refractivity contribution in [1.29, 1.82) is 0 Å². The van der Waals surface area contributed by atoms with Crippen molar-refractivity contribution in [2.24, 2.45) is 5.73 Å². The van der Waals surface area contributed by atoms with Crippen molar-refractivity contribution in [2.75, 3.05) is 0 Å². The first-order valence-corrected chi connectivity index (χ1v) is 6.41. The van der Waals surface area contributed by atoms with Crippen molar-refractivity contribution >= 4 is 11.8 Å². The fraction of sp³-hybridized carbons (Fsp3) is 0.231. The second kappa shape index (κ2) is 5.46. The van der Waals surface area contributed by atoms with Gasteiger partial charge in [0.2, 0.25) is 0 Å². The molecule has 18 heavy (non-hydrogen) atoms. The Morgan fingerprint density at radius 2 is 2.11 bits per heavy atom. The van der Waals surface area contributed by atoms with Crippen LogP contribution >= 0.6 is 11.8 Å². The molecule has 1 heterocycles. The van der Waals surface area contributed by atoms with E-state index in [0.717, 1.165) is 11.3 Å². The Morgan fingerprint density at radius 3 is 2.78 bits per heavy atom. The zero-order valence-corrected chi connectivity index (χ0v) is 11.0. The van der Waals surface area contributed by atoms with Gasteiger partial charge in [0, 0.05) is 17.9 Å². The van der Waals surface area contributed by atoms with E-state index in [-0.39, 0.29) is 11.9 Å². The summed E-state index contributed by atoms with van der Waals surface area (Å²) in [5, 5.41) is 0.530. The van der Waals surface area contributed by atoms with E-state index in [9.17, 15) is 4.39 Å². The molecule has 2 N–H and O–H groups in total. The molecule has 1 atom stereocenters. The van der Waals surface area contributed by atoms with Crippen LogP contribution in [0.4, 0.5) is 4.39 Å². The molecule has 1 aromatic carbocycles. The lowest BCUT2D eigenvalue weighted by molar-refractivity contribution is 0.591. The van der Waals surface area contributed by atoms with Gasteiger partial charge in [0.1, 0.15) is 5.82 Å². The van der Waals surface area contributed by atoms with Crippen molar-refractivity contribution < 1.29 is 4.39 Å². The molecule has 0 unspecified atom stereocenters. The third kappa shape index (κ3) is 2.86. The van der Waals surface area contributed by atoms with Gasteiger partial charge in [0.15, 0.2) is 5.16 Å². The molecular weight excluding hydrogens is 249 g/mol. The van der Waals surface area contributed by atoms with Crippen LogP contribution in [-0.2, 0) is 0 Å². The molecular formula is C13H14FN3S. The summed E-state index contributed by atoms with van der Waals surface area (Å²) in [6, 6.07) is 6.48. The normalized spacial score (nSPS) is 12.4. The van der Waals surface area contributed by atoms with Crippen LogP contribution in [0.1, 0.15) is 24.2 Å². The molecule has 0 aliphatic rings. The molecule has 0 aliphatic heterocycles. The summed E-state index contributed by atoms with van der Waals surface area (Å²) in [6.07, 6.45) is 1.66. The maximum atomic E-state index is 13.9. The summed E-state index contributed by atoms with van der Waals surface area (Å²) >= 11 is 1.21. The van der Waals surface area contributed by atoms with E-state index in [1.165, 1.54) is 17.8 Å². The molecule has 2 aromatic rings. The number of nitrogens with two attached hydrogens (primary N) is 1. The lowest BCUT2D eigenvalue weighted by atomic mass is 10.1. The monoisotopic (exact) mass is 263 g/mol. The van der Waals surface area contributed by atoms with Crippen LogP contribution in [-0.4, -0.2) is 9.97 Å². The van der Waals surface area contributed by atoms with Gasteiger partial charge in [0.05, 0.1) is 4.90 Å². The Kier molecular flexibility index (Phi) is 3.93. The van der Waals surface area contributed by atoms with Crippen LogP contribution < -0.4 is 5.73 Å². The van der Waals surface area contributed by atoms with E-state index in [1.807, 2.05) is 19.9 Å². The van der Waals surface area contributed by atoms with Gasteiger partial charge in [-0.2, -0.15) is 0 Å². The Hall–Kier alpha value is -1.46. The number of nitrogens with zero attached hydrogens (tertiary/aromatic N) is 2. The Morgan fingerprint density at radius 1 is 1.33 bits per heavy atom. The smallest absolute Gasteiger partial charge is 0.192 e. The lowest BCUT2D eigenvalue weighted by Crippen LogP contribution is -2.07.